The average Bonchev–Trinajstić information content (AvgIpc) is 2.33. The molecule has 0 aromatic carbocycles. The van der Waals surface area contributed by atoms with Crippen LogP contribution >= 0.6 is 0 Å². The Kier molecular flexibility index (Phi) is 10.6. The van der Waals surface area contributed by atoms with Crippen molar-refractivity contribution in [3.05, 3.63) is 0 Å². The van der Waals surface area contributed by atoms with E-state index in [4.69, 9.17) is 9.47 Å². The minimum Gasteiger partial charge on any atom is -0.375 e. The van der Waals surface area contributed by atoms with Crippen LogP contribution in [0.25, 0.3) is 0 Å². The number of rotatable bonds is 13. The van der Waals surface area contributed by atoms with Crippen molar-refractivity contribution in [2.45, 2.75) is 84.5 Å². The Balaban J connectivity index is 3.85. The van der Waals surface area contributed by atoms with Crippen molar-refractivity contribution in [2.75, 3.05) is 26.3 Å². The second kappa shape index (κ2) is 10.6. The molecule has 0 spiro atoms. The quantitative estimate of drug-likeness (QED) is 0.403. The Labute approximate surface area is 139 Å². The average molecular weight is 314 g/mol. The van der Waals surface area contributed by atoms with Gasteiger partial charge >= 0.3 is 0 Å². The van der Waals surface area contributed by atoms with Crippen LogP contribution in [0, 0.1) is 0 Å². The molecular formula is C17H39BN2O2. The van der Waals surface area contributed by atoms with Crippen molar-refractivity contribution in [1.29, 1.82) is 0 Å². The van der Waals surface area contributed by atoms with Crippen LogP contribution in [0.15, 0.2) is 0 Å². The summed E-state index contributed by atoms with van der Waals surface area (Å²) in [5.41, 5.74) is -0.220. The van der Waals surface area contributed by atoms with E-state index < -0.39 is 0 Å². The Morgan fingerprint density at radius 3 is 1.91 bits per heavy atom. The lowest BCUT2D eigenvalue weighted by Gasteiger charge is -2.30. The number of hydrogen-bond acceptors (Lipinski definition) is 4. The molecule has 1 atom stereocenters. The maximum Gasteiger partial charge on any atom is 0.123 e. The Hall–Kier alpha value is -0.0951. The fourth-order valence-corrected chi connectivity index (χ4v) is 2.05. The van der Waals surface area contributed by atoms with Gasteiger partial charge in [0.25, 0.3) is 0 Å². The summed E-state index contributed by atoms with van der Waals surface area (Å²) in [6, 6.07) is 0.530. The predicted molar refractivity (Wildman–Crippen MR) is 98.4 cm³/mol. The monoisotopic (exact) mass is 314 g/mol. The maximum absolute atomic E-state index is 6.06. The zero-order chi connectivity index (χ0) is 17.2. The molecule has 0 aromatic rings. The van der Waals surface area contributed by atoms with E-state index in [0.717, 1.165) is 39.1 Å². The van der Waals surface area contributed by atoms with Gasteiger partial charge in [0.1, 0.15) is 7.85 Å². The molecule has 0 aliphatic carbocycles. The summed E-state index contributed by atoms with van der Waals surface area (Å²) in [5.74, 6) is 0.510. The molecule has 0 saturated heterocycles. The first-order valence-corrected chi connectivity index (χ1v) is 8.79. The largest absolute Gasteiger partial charge is 0.375 e. The van der Waals surface area contributed by atoms with Gasteiger partial charge in [0.2, 0.25) is 0 Å². The summed E-state index contributed by atoms with van der Waals surface area (Å²) in [5, 5.41) is 6.81. The Morgan fingerprint density at radius 1 is 0.818 bits per heavy atom. The van der Waals surface area contributed by atoms with Gasteiger partial charge in [-0.15, -0.1) is 0 Å². The van der Waals surface area contributed by atoms with Crippen molar-refractivity contribution >= 4 is 7.85 Å². The highest BCUT2D eigenvalue weighted by Crippen LogP contribution is 2.19. The zero-order valence-electron chi connectivity index (χ0n) is 16.2. The molecule has 0 aliphatic rings. The molecule has 0 aliphatic heterocycles. The van der Waals surface area contributed by atoms with E-state index in [2.05, 4.69) is 66.9 Å². The van der Waals surface area contributed by atoms with Crippen LogP contribution in [0.1, 0.15) is 61.3 Å². The molecule has 4 nitrogen and oxygen atoms in total. The molecular weight excluding hydrogens is 275 g/mol. The molecule has 0 fully saturated rings. The van der Waals surface area contributed by atoms with Crippen molar-refractivity contribution in [2.24, 2.45) is 0 Å². The first kappa shape index (κ1) is 21.9. The maximum atomic E-state index is 6.06. The fraction of sp³-hybridized carbons (Fsp3) is 1.00. The van der Waals surface area contributed by atoms with Gasteiger partial charge in [-0.25, -0.2) is 0 Å². The summed E-state index contributed by atoms with van der Waals surface area (Å²) in [7, 11) is 2.15. The van der Waals surface area contributed by atoms with Gasteiger partial charge in [0.05, 0.1) is 24.4 Å². The third-order valence-electron chi connectivity index (χ3n) is 3.62. The summed E-state index contributed by atoms with van der Waals surface area (Å²) in [4.78, 5) is 0. The Morgan fingerprint density at radius 2 is 1.36 bits per heavy atom. The highest BCUT2D eigenvalue weighted by atomic mass is 16.5. The number of ether oxygens (including phenoxy) is 2. The molecule has 22 heavy (non-hydrogen) atoms. The first-order valence-electron chi connectivity index (χ1n) is 8.79. The topological polar surface area (TPSA) is 42.5 Å². The number of nitrogens with one attached hydrogen (secondary N) is 2. The van der Waals surface area contributed by atoms with Crippen LogP contribution in [-0.2, 0) is 9.47 Å². The van der Waals surface area contributed by atoms with Crippen molar-refractivity contribution in [3.8, 4) is 0 Å². The molecule has 2 N–H and O–H groups in total. The highest BCUT2D eigenvalue weighted by molar-refractivity contribution is 6.11. The van der Waals surface area contributed by atoms with Gasteiger partial charge in [0.15, 0.2) is 0 Å². The van der Waals surface area contributed by atoms with Crippen molar-refractivity contribution < 1.29 is 9.47 Å². The molecule has 132 valence electrons. The standard InChI is InChI=1S/C17H39BN2O2/c1-14(2)19-10-8-16(4,5)21-12-9-17(6,7)22-13-11-20-15(3)18/h14-15,19-20H,8-13,18H2,1-7H3. The second-order valence-electron chi connectivity index (χ2n) is 7.93. The van der Waals surface area contributed by atoms with Gasteiger partial charge in [-0.3, -0.25) is 0 Å². The molecule has 0 radical (unpaired) electrons. The molecule has 0 aromatic heterocycles. The lowest BCUT2D eigenvalue weighted by atomic mass is 9.99. The third kappa shape index (κ3) is 13.6. The minimum atomic E-state index is -0.134. The Bertz CT molecular complexity index is 282. The lowest BCUT2D eigenvalue weighted by Crippen LogP contribution is -2.36. The van der Waals surface area contributed by atoms with Gasteiger partial charge < -0.3 is 20.1 Å². The summed E-state index contributed by atoms with van der Waals surface area (Å²) in [6.07, 6.45) is 1.93. The molecule has 5 heteroatoms. The summed E-state index contributed by atoms with van der Waals surface area (Å²) >= 11 is 0. The van der Waals surface area contributed by atoms with E-state index in [9.17, 15) is 0 Å². The zero-order valence-corrected chi connectivity index (χ0v) is 16.2. The van der Waals surface area contributed by atoms with Crippen LogP contribution in [-0.4, -0.2) is 57.3 Å². The van der Waals surface area contributed by atoms with Crippen LogP contribution in [0.4, 0.5) is 0 Å². The van der Waals surface area contributed by atoms with E-state index >= 15 is 0 Å². The van der Waals surface area contributed by atoms with Crippen LogP contribution < -0.4 is 10.6 Å². The van der Waals surface area contributed by atoms with Crippen molar-refractivity contribution in [1.82, 2.24) is 10.6 Å². The van der Waals surface area contributed by atoms with E-state index in [1.165, 1.54) is 0 Å². The van der Waals surface area contributed by atoms with E-state index in [1.807, 2.05) is 0 Å². The third-order valence-corrected chi connectivity index (χ3v) is 3.62. The van der Waals surface area contributed by atoms with E-state index in [1.54, 1.807) is 0 Å². The van der Waals surface area contributed by atoms with Crippen LogP contribution in [0.2, 0.25) is 0 Å². The summed E-state index contributed by atoms with van der Waals surface area (Å²) in [6.45, 7) is 18.5. The predicted octanol–water partition coefficient (Wildman–Crippen LogP) is 1.92. The molecule has 0 rings (SSSR count). The fourth-order valence-electron chi connectivity index (χ4n) is 2.05. The van der Waals surface area contributed by atoms with Gasteiger partial charge in [-0.1, -0.05) is 20.8 Å². The van der Waals surface area contributed by atoms with Gasteiger partial charge in [0, 0.05) is 12.6 Å². The number of hydrogen-bond donors (Lipinski definition) is 2. The SMILES string of the molecule is BC(C)NCCOC(C)(C)CCOC(C)(C)CCNC(C)C. The molecule has 0 bridgehead atoms. The first-order chi connectivity index (χ1) is 10.0. The smallest absolute Gasteiger partial charge is 0.123 e. The van der Waals surface area contributed by atoms with Crippen LogP contribution in [0.3, 0.4) is 0 Å². The lowest BCUT2D eigenvalue weighted by molar-refractivity contribution is -0.0732. The van der Waals surface area contributed by atoms with Crippen LogP contribution in [0.5, 0.6) is 0 Å². The molecule has 1 unspecified atom stereocenters. The molecule has 0 heterocycles. The molecule has 0 amide bonds. The summed E-state index contributed by atoms with van der Waals surface area (Å²) < 4.78 is 12.0. The molecule has 0 saturated carbocycles. The van der Waals surface area contributed by atoms with Crippen molar-refractivity contribution in [3.63, 3.8) is 0 Å². The minimum absolute atomic E-state index is 0.0861. The van der Waals surface area contributed by atoms with E-state index in [0.29, 0.717) is 12.0 Å². The van der Waals surface area contributed by atoms with E-state index in [-0.39, 0.29) is 11.2 Å². The highest BCUT2D eigenvalue weighted by Gasteiger charge is 2.22. The van der Waals surface area contributed by atoms with Gasteiger partial charge in [-0.2, -0.15) is 0 Å². The normalized spacial score (nSPS) is 14.5. The second-order valence-corrected chi connectivity index (χ2v) is 7.93. The van der Waals surface area contributed by atoms with Gasteiger partial charge in [-0.05, 0) is 53.0 Å².